The number of aromatic nitrogens is 2. The van der Waals surface area contributed by atoms with Crippen molar-refractivity contribution in [1.82, 2.24) is 9.55 Å². The number of rotatable bonds is 8. The predicted octanol–water partition coefficient (Wildman–Crippen LogP) is 2.96. The molecule has 0 radical (unpaired) electrons. The molecule has 1 aliphatic rings. The van der Waals surface area contributed by atoms with Crippen LogP contribution >= 0.6 is 0 Å². The number of hydrogen-bond donors (Lipinski definition) is 3. The molecular weight excluding hydrogens is 472 g/mol. The maximum absolute atomic E-state index is 12.7. The lowest BCUT2D eigenvalue weighted by Gasteiger charge is -2.44. The third-order valence-corrected chi connectivity index (χ3v) is 16.6. The van der Waals surface area contributed by atoms with E-state index in [-0.39, 0.29) is 23.1 Å². The molecule has 0 amide bonds. The number of ether oxygens (including phenoxy) is 1. The standard InChI is InChI=1S/C23H44N2O7Si2/c1-22(2,3)33(7,8)31-18-17(15(27)12-14-26)30-20(25-13-11-16(28)24-21(25)29)19(18)32-34(9,10)23(4,5)6/h11,13,15,17-20,26-27H,12,14H2,1-10H3,(H,24,28,29)/t15-,17+,18+,19+,20+/m0/s1. The van der Waals surface area contributed by atoms with E-state index in [0.717, 1.165) is 0 Å². The lowest BCUT2D eigenvalue weighted by atomic mass is 10.0. The molecule has 0 aliphatic carbocycles. The molecule has 2 rings (SSSR count). The van der Waals surface area contributed by atoms with Crippen LogP contribution in [0, 0.1) is 0 Å². The second-order valence-electron chi connectivity index (χ2n) is 12.3. The third kappa shape index (κ3) is 6.18. The Labute approximate surface area is 204 Å². The van der Waals surface area contributed by atoms with Crippen LogP contribution in [0.1, 0.15) is 54.2 Å². The van der Waals surface area contributed by atoms with Crippen molar-refractivity contribution in [2.24, 2.45) is 0 Å². The zero-order chi connectivity index (χ0) is 26.3. The average molecular weight is 517 g/mol. The molecule has 5 atom stereocenters. The van der Waals surface area contributed by atoms with Crippen molar-refractivity contribution in [3.63, 3.8) is 0 Å². The summed E-state index contributed by atoms with van der Waals surface area (Å²) in [4.78, 5) is 26.7. The van der Waals surface area contributed by atoms with Crippen molar-refractivity contribution in [2.45, 2.75) is 115 Å². The van der Waals surface area contributed by atoms with Crippen molar-refractivity contribution in [3.05, 3.63) is 33.1 Å². The molecule has 3 N–H and O–H groups in total. The minimum atomic E-state index is -2.38. The number of H-pyrrole nitrogens is 1. The Bertz CT molecular complexity index is 946. The number of aliphatic hydroxyl groups excluding tert-OH is 2. The van der Waals surface area contributed by atoms with E-state index in [9.17, 15) is 19.8 Å². The topological polar surface area (TPSA) is 123 Å². The Hall–Kier alpha value is -1.09. The number of hydrogen-bond acceptors (Lipinski definition) is 7. The molecular formula is C23H44N2O7Si2. The van der Waals surface area contributed by atoms with Gasteiger partial charge in [-0.2, -0.15) is 0 Å². The molecule has 9 nitrogen and oxygen atoms in total. The monoisotopic (exact) mass is 516 g/mol. The molecule has 196 valence electrons. The number of nitrogens with one attached hydrogen (secondary N) is 1. The fourth-order valence-corrected chi connectivity index (χ4v) is 6.00. The van der Waals surface area contributed by atoms with Crippen LogP contribution in [0.2, 0.25) is 36.3 Å². The molecule has 0 aromatic carbocycles. The van der Waals surface area contributed by atoms with Gasteiger partial charge in [0, 0.05) is 18.9 Å². The van der Waals surface area contributed by atoms with Gasteiger partial charge in [0.1, 0.15) is 18.3 Å². The van der Waals surface area contributed by atoms with Crippen LogP contribution in [-0.2, 0) is 13.6 Å². The van der Waals surface area contributed by atoms with Gasteiger partial charge in [0.15, 0.2) is 22.9 Å². The normalized spacial score (nSPS) is 25.5. The fraction of sp³-hybridized carbons (Fsp3) is 0.826. The Morgan fingerprint density at radius 2 is 1.53 bits per heavy atom. The van der Waals surface area contributed by atoms with Gasteiger partial charge in [0.25, 0.3) is 5.56 Å². The lowest BCUT2D eigenvalue weighted by Crippen LogP contribution is -2.55. The summed E-state index contributed by atoms with van der Waals surface area (Å²) in [6.45, 7) is 21.0. The van der Waals surface area contributed by atoms with Crippen molar-refractivity contribution < 1.29 is 23.8 Å². The molecule has 1 aromatic heterocycles. The SMILES string of the molecule is CC(C)(C)[Si](C)(C)O[C@H]1[C@@H](O[Si](C)(C)C(C)(C)C)[C@H](n2ccc(=O)[nH]c2=O)O[C@@H]1[C@@H](O)CCO. The maximum atomic E-state index is 12.7. The van der Waals surface area contributed by atoms with Crippen LogP contribution in [0.15, 0.2) is 21.9 Å². The van der Waals surface area contributed by atoms with Crippen molar-refractivity contribution >= 4 is 16.6 Å². The molecule has 0 unspecified atom stereocenters. The van der Waals surface area contributed by atoms with Crippen LogP contribution in [-0.4, -0.2) is 67.4 Å². The molecule has 1 aromatic rings. The van der Waals surface area contributed by atoms with Gasteiger partial charge in [-0.15, -0.1) is 0 Å². The Morgan fingerprint density at radius 3 is 1.97 bits per heavy atom. The quantitative estimate of drug-likeness (QED) is 0.454. The number of aliphatic hydroxyl groups is 2. The summed E-state index contributed by atoms with van der Waals surface area (Å²) in [5.41, 5.74) is -1.13. The summed E-state index contributed by atoms with van der Waals surface area (Å²) in [5.74, 6) is 0. The predicted molar refractivity (Wildman–Crippen MR) is 137 cm³/mol. The molecule has 11 heteroatoms. The average Bonchev–Trinajstić information content (AvgIpc) is 2.97. The van der Waals surface area contributed by atoms with Gasteiger partial charge < -0.3 is 23.8 Å². The first-order valence-electron chi connectivity index (χ1n) is 11.9. The highest BCUT2D eigenvalue weighted by molar-refractivity contribution is 6.74. The molecule has 34 heavy (non-hydrogen) atoms. The van der Waals surface area contributed by atoms with Crippen LogP contribution in [0.3, 0.4) is 0 Å². The van der Waals surface area contributed by atoms with Crippen molar-refractivity contribution in [3.8, 4) is 0 Å². The zero-order valence-corrected chi connectivity index (χ0v) is 24.3. The van der Waals surface area contributed by atoms with E-state index in [1.807, 2.05) is 0 Å². The van der Waals surface area contributed by atoms with E-state index in [1.165, 1.54) is 16.8 Å². The first kappa shape index (κ1) is 29.1. The highest BCUT2D eigenvalue weighted by Gasteiger charge is 2.55. The molecule has 0 spiro atoms. The van der Waals surface area contributed by atoms with Gasteiger partial charge in [-0.1, -0.05) is 41.5 Å². The second-order valence-corrected chi connectivity index (χ2v) is 21.8. The van der Waals surface area contributed by atoms with Crippen LogP contribution in [0.4, 0.5) is 0 Å². The molecule has 1 aliphatic heterocycles. The Morgan fingerprint density at radius 1 is 1.03 bits per heavy atom. The lowest BCUT2D eigenvalue weighted by molar-refractivity contribution is -0.0887. The minimum Gasteiger partial charge on any atom is -0.408 e. The Kier molecular flexibility index (Phi) is 8.67. The second kappa shape index (κ2) is 10.1. The number of nitrogens with zero attached hydrogens (tertiary/aromatic N) is 1. The van der Waals surface area contributed by atoms with Crippen molar-refractivity contribution in [1.29, 1.82) is 0 Å². The van der Waals surface area contributed by atoms with E-state index >= 15 is 0 Å². The van der Waals surface area contributed by atoms with Gasteiger partial charge in [-0.3, -0.25) is 14.3 Å². The zero-order valence-electron chi connectivity index (χ0n) is 22.3. The highest BCUT2D eigenvalue weighted by atomic mass is 28.4. The van der Waals surface area contributed by atoms with Crippen LogP contribution < -0.4 is 11.2 Å². The molecule has 0 bridgehead atoms. The van der Waals surface area contributed by atoms with E-state index < -0.39 is 58.5 Å². The fourth-order valence-electron chi connectivity index (χ4n) is 3.42. The highest BCUT2D eigenvalue weighted by Crippen LogP contribution is 2.46. The maximum Gasteiger partial charge on any atom is 0.330 e. The van der Waals surface area contributed by atoms with E-state index in [2.05, 4.69) is 72.7 Å². The number of aromatic amines is 1. The summed E-state index contributed by atoms with van der Waals surface area (Å²) in [7, 11) is -4.74. The third-order valence-electron chi connectivity index (χ3n) is 7.63. The van der Waals surface area contributed by atoms with Gasteiger partial charge in [-0.25, -0.2) is 4.79 Å². The van der Waals surface area contributed by atoms with Crippen LogP contribution in [0.25, 0.3) is 0 Å². The van der Waals surface area contributed by atoms with Gasteiger partial charge in [0.05, 0.1) is 6.10 Å². The molecule has 2 heterocycles. The molecule has 1 saturated heterocycles. The van der Waals surface area contributed by atoms with Gasteiger partial charge in [-0.05, 0) is 42.7 Å². The summed E-state index contributed by atoms with van der Waals surface area (Å²) >= 11 is 0. The summed E-state index contributed by atoms with van der Waals surface area (Å²) in [6, 6.07) is 1.26. The van der Waals surface area contributed by atoms with Crippen molar-refractivity contribution in [2.75, 3.05) is 6.61 Å². The van der Waals surface area contributed by atoms with Gasteiger partial charge in [0.2, 0.25) is 0 Å². The van der Waals surface area contributed by atoms with E-state index in [1.54, 1.807) is 0 Å². The van der Waals surface area contributed by atoms with E-state index in [4.69, 9.17) is 13.6 Å². The first-order chi connectivity index (χ1) is 15.3. The summed E-state index contributed by atoms with van der Waals surface area (Å²) < 4.78 is 21.2. The molecule has 0 saturated carbocycles. The summed E-state index contributed by atoms with van der Waals surface area (Å²) in [6.07, 6.45) is -2.63. The van der Waals surface area contributed by atoms with Crippen LogP contribution in [0.5, 0.6) is 0 Å². The minimum absolute atomic E-state index is 0.0993. The summed E-state index contributed by atoms with van der Waals surface area (Å²) in [5, 5.41) is 20.2. The largest absolute Gasteiger partial charge is 0.408 e. The Balaban J connectivity index is 2.66. The first-order valence-corrected chi connectivity index (χ1v) is 17.8. The van der Waals surface area contributed by atoms with Gasteiger partial charge >= 0.3 is 5.69 Å². The smallest absolute Gasteiger partial charge is 0.330 e. The van der Waals surface area contributed by atoms with E-state index in [0.29, 0.717) is 0 Å². The molecule has 1 fully saturated rings.